The average molecular weight is 340 g/mol. The van der Waals surface area contributed by atoms with Gasteiger partial charge in [-0.1, -0.05) is 31.2 Å². The van der Waals surface area contributed by atoms with Crippen LogP contribution < -0.4 is 5.32 Å². The summed E-state index contributed by atoms with van der Waals surface area (Å²) in [6, 6.07) is 11.5. The van der Waals surface area contributed by atoms with E-state index < -0.39 is 4.92 Å². The number of aromatic nitrogens is 1. The van der Waals surface area contributed by atoms with Crippen LogP contribution >= 0.6 is 0 Å². The lowest BCUT2D eigenvalue weighted by Crippen LogP contribution is -2.34. The number of anilines is 1. The summed E-state index contributed by atoms with van der Waals surface area (Å²) in [5, 5.41) is 14.0. The highest BCUT2D eigenvalue weighted by Gasteiger charge is 2.17. The highest BCUT2D eigenvalue weighted by atomic mass is 16.6. The summed E-state index contributed by atoms with van der Waals surface area (Å²) >= 11 is 0. The lowest BCUT2D eigenvalue weighted by molar-refractivity contribution is -0.385. The molecule has 1 aromatic heterocycles. The zero-order chi connectivity index (χ0) is 17.6. The van der Waals surface area contributed by atoms with Crippen LogP contribution in [0.2, 0.25) is 0 Å². The number of nitrogens with one attached hydrogen (secondary N) is 1. The first-order valence-electron chi connectivity index (χ1n) is 8.75. The molecule has 2 aromatic rings. The van der Waals surface area contributed by atoms with Crippen LogP contribution in [0.5, 0.6) is 0 Å². The van der Waals surface area contributed by atoms with Gasteiger partial charge in [-0.05, 0) is 42.5 Å². The number of hydrogen-bond donors (Lipinski definition) is 1. The predicted octanol–water partition coefficient (Wildman–Crippen LogP) is 3.83. The fraction of sp³-hybridized carbons (Fsp3) is 0.421. The topological polar surface area (TPSA) is 71.3 Å². The first kappa shape index (κ1) is 17.4. The Bertz CT molecular complexity index is 718. The molecule has 6 nitrogen and oxygen atoms in total. The minimum absolute atomic E-state index is 0.00479. The van der Waals surface area contributed by atoms with Gasteiger partial charge in [-0.15, -0.1) is 0 Å². The maximum absolute atomic E-state index is 10.7. The molecule has 132 valence electrons. The Hall–Kier alpha value is -2.47. The number of likely N-dealkylation sites (tertiary alicyclic amines) is 1. The van der Waals surface area contributed by atoms with Gasteiger partial charge in [0.25, 0.3) is 5.69 Å². The van der Waals surface area contributed by atoms with Gasteiger partial charge in [0, 0.05) is 25.7 Å². The molecule has 1 aromatic carbocycles. The summed E-state index contributed by atoms with van der Waals surface area (Å²) in [4.78, 5) is 16.9. The average Bonchev–Trinajstić information content (AvgIpc) is 2.61. The van der Waals surface area contributed by atoms with Crippen LogP contribution in [0.1, 0.15) is 30.9 Å². The molecule has 1 N–H and O–H groups in total. The molecule has 0 saturated carbocycles. The van der Waals surface area contributed by atoms with Crippen LogP contribution in [0.3, 0.4) is 0 Å². The zero-order valence-electron chi connectivity index (χ0n) is 14.5. The van der Waals surface area contributed by atoms with Gasteiger partial charge >= 0.3 is 0 Å². The van der Waals surface area contributed by atoms with Crippen molar-refractivity contribution in [1.29, 1.82) is 0 Å². The van der Waals surface area contributed by atoms with Crippen molar-refractivity contribution in [2.75, 3.05) is 18.4 Å². The summed E-state index contributed by atoms with van der Waals surface area (Å²) in [5.41, 5.74) is 2.57. The molecule has 3 rings (SSSR count). The van der Waals surface area contributed by atoms with Crippen LogP contribution in [-0.2, 0) is 13.1 Å². The molecule has 1 fully saturated rings. The van der Waals surface area contributed by atoms with Crippen LogP contribution in [0, 0.1) is 16.0 Å². The van der Waals surface area contributed by atoms with Crippen LogP contribution in [0.25, 0.3) is 0 Å². The van der Waals surface area contributed by atoms with E-state index in [1.54, 1.807) is 6.07 Å². The van der Waals surface area contributed by atoms with Gasteiger partial charge in [0.1, 0.15) is 12.0 Å². The van der Waals surface area contributed by atoms with Gasteiger partial charge in [0.05, 0.1) is 4.92 Å². The van der Waals surface area contributed by atoms with Crippen LogP contribution in [0.15, 0.2) is 42.6 Å². The smallest absolute Gasteiger partial charge is 0.287 e. The third kappa shape index (κ3) is 4.76. The SMILES string of the molecule is CC1CCCN(Cc2ccccc2CNc2ccc([N+](=O)[O-])cn2)C1. The number of piperidine rings is 1. The third-order valence-corrected chi connectivity index (χ3v) is 4.67. The quantitative estimate of drug-likeness (QED) is 0.639. The second-order valence-electron chi connectivity index (χ2n) is 6.76. The van der Waals surface area contributed by atoms with Crippen molar-refractivity contribution < 1.29 is 4.92 Å². The minimum atomic E-state index is -0.439. The van der Waals surface area contributed by atoms with Crippen LogP contribution in [-0.4, -0.2) is 27.9 Å². The monoisotopic (exact) mass is 340 g/mol. The molecule has 0 radical (unpaired) electrons. The summed E-state index contributed by atoms with van der Waals surface area (Å²) in [5.74, 6) is 1.41. The molecule has 0 bridgehead atoms. The second-order valence-corrected chi connectivity index (χ2v) is 6.76. The fourth-order valence-electron chi connectivity index (χ4n) is 3.34. The van der Waals surface area contributed by atoms with E-state index in [4.69, 9.17) is 0 Å². The molecular weight excluding hydrogens is 316 g/mol. The van der Waals surface area contributed by atoms with Crippen molar-refractivity contribution in [1.82, 2.24) is 9.88 Å². The van der Waals surface area contributed by atoms with E-state index >= 15 is 0 Å². The molecule has 1 aliphatic heterocycles. The molecular formula is C19H24N4O2. The molecule has 2 heterocycles. The standard InChI is InChI=1S/C19H24N4O2/c1-15-5-4-10-22(13-15)14-17-7-3-2-6-16(17)11-20-19-9-8-18(12-21-19)23(24)25/h2-3,6-9,12,15H,4-5,10-11,13-14H2,1H3,(H,20,21). The fourth-order valence-corrected chi connectivity index (χ4v) is 3.34. The van der Waals surface area contributed by atoms with Crippen molar-refractivity contribution in [3.8, 4) is 0 Å². The second kappa shape index (κ2) is 8.07. The largest absolute Gasteiger partial charge is 0.366 e. The summed E-state index contributed by atoms with van der Waals surface area (Å²) in [7, 11) is 0. The zero-order valence-corrected chi connectivity index (χ0v) is 14.5. The summed E-state index contributed by atoms with van der Waals surface area (Å²) < 4.78 is 0. The molecule has 6 heteroatoms. The van der Waals surface area contributed by atoms with Gasteiger partial charge in [-0.3, -0.25) is 15.0 Å². The van der Waals surface area contributed by atoms with Crippen molar-refractivity contribution >= 4 is 11.5 Å². The van der Waals surface area contributed by atoms with E-state index in [9.17, 15) is 10.1 Å². The van der Waals surface area contributed by atoms with E-state index in [0.717, 1.165) is 25.6 Å². The molecule has 0 amide bonds. The molecule has 1 aliphatic rings. The van der Waals surface area contributed by atoms with Crippen molar-refractivity contribution in [3.05, 3.63) is 63.8 Å². The lowest BCUT2D eigenvalue weighted by Gasteiger charge is -2.31. The number of nitrogens with zero attached hydrogens (tertiary/aromatic N) is 3. The Kier molecular flexibility index (Phi) is 5.60. The van der Waals surface area contributed by atoms with E-state index in [1.807, 2.05) is 6.07 Å². The number of pyridine rings is 1. The highest BCUT2D eigenvalue weighted by molar-refractivity contribution is 5.41. The summed E-state index contributed by atoms with van der Waals surface area (Å²) in [6.45, 7) is 6.27. The molecule has 0 aliphatic carbocycles. The number of rotatable bonds is 6. The molecule has 1 atom stereocenters. The van der Waals surface area contributed by atoms with E-state index in [1.165, 1.54) is 36.2 Å². The maximum Gasteiger partial charge on any atom is 0.287 e. The van der Waals surface area contributed by atoms with E-state index in [-0.39, 0.29) is 5.69 Å². The van der Waals surface area contributed by atoms with Gasteiger partial charge in [-0.25, -0.2) is 4.98 Å². The van der Waals surface area contributed by atoms with Gasteiger partial charge in [-0.2, -0.15) is 0 Å². The Morgan fingerprint density at radius 2 is 2.08 bits per heavy atom. The Balaban J connectivity index is 1.63. The maximum atomic E-state index is 10.7. The number of benzene rings is 1. The van der Waals surface area contributed by atoms with Crippen molar-refractivity contribution in [2.45, 2.75) is 32.9 Å². The Morgan fingerprint density at radius 3 is 2.76 bits per heavy atom. The number of hydrogen-bond acceptors (Lipinski definition) is 5. The molecule has 0 spiro atoms. The molecule has 1 unspecified atom stereocenters. The van der Waals surface area contributed by atoms with Crippen molar-refractivity contribution in [2.24, 2.45) is 5.92 Å². The Morgan fingerprint density at radius 1 is 1.28 bits per heavy atom. The van der Waals surface area contributed by atoms with Gasteiger partial charge in [0.2, 0.25) is 0 Å². The highest BCUT2D eigenvalue weighted by Crippen LogP contribution is 2.20. The van der Waals surface area contributed by atoms with Crippen molar-refractivity contribution in [3.63, 3.8) is 0 Å². The Labute approximate surface area is 148 Å². The molecule has 25 heavy (non-hydrogen) atoms. The predicted molar refractivity (Wildman–Crippen MR) is 98.3 cm³/mol. The molecule has 1 saturated heterocycles. The number of nitro groups is 1. The third-order valence-electron chi connectivity index (χ3n) is 4.67. The first-order chi connectivity index (χ1) is 12.1. The minimum Gasteiger partial charge on any atom is -0.366 e. The lowest BCUT2D eigenvalue weighted by atomic mass is 9.99. The van der Waals surface area contributed by atoms with E-state index in [0.29, 0.717) is 12.4 Å². The summed E-state index contributed by atoms with van der Waals surface area (Å²) in [6.07, 6.45) is 3.88. The van der Waals surface area contributed by atoms with Crippen LogP contribution in [0.4, 0.5) is 11.5 Å². The van der Waals surface area contributed by atoms with Gasteiger partial charge < -0.3 is 5.32 Å². The van der Waals surface area contributed by atoms with Gasteiger partial charge in [0.15, 0.2) is 0 Å². The normalized spacial score (nSPS) is 18.0. The first-order valence-corrected chi connectivity index (χ1v) is 8.75. The van der Waals surface area contributed by atoms with E-state index in [2.05, 4.69) is 40.3 Å².